The first-order valence-electron chi connectivity index (χ1n) is 8.40. The molecule has 0 aromatic heterocycles. The largest absolute Gasteiger partial charge is 0.508 e. The Morgan fingerprint density at radius 3 is 2.77 bits per heavy atom. The summed E-state index contributed by atoms with van der Waals surface area (Å²) in [4.78, 5) is 25.9. The van der Waals surface area contributed by atoms with E-state index < -0.39 is 0 Å². The summed E-state index contributed by atoms with van der Waals surface area (Å²) in [6.45, 7) is 1.42. The highest BCUT2D eigenvalue weighted by molar-refractivity contribution is 5.96. The molecule has 2 N–H and O–H groups in total. The number of rotatable bonds is 2. The number of phenolic OH excluding ortho intramolecular Hbond substituents is 1. The highest BCUT2D eigenvalue weighted by Gasteiger charge is 2.21. The zero-order chi connectivity index (χ0) is 18.1. The molecule has 4 rings (SSSR count). The number of fused-ring (bicyclic) bond motifs is 1. The van der Waals surface area contributed by atoms with Crippen molar-refractivity contribution in [2.24, 2.45) is 0 Å². The monoisotopic (exact) mass is 354 g/mol. The van der Waals surface area contributed by atoms with Crippen molar-refractivity contribution in [3.05, 3.63) is 42.0 Å². The van der Waals surface area contributed by atoms with Crippen LogP contribution in [0, 0.1) is 0 Å². The molecule has 2 aliphatic heterocycles. The average molecular weight is 354 g/mol. The van der Waals surface area contributed by atoms with Crippen molar-refractivity contribution >= 4 is 11.8 Å². The van der Waals surface area contributed by atoms with Crippen LogP contribution in [0.2, 0.25) is 0 Å². The summed E-state index contributed by atoms with van der Waals surface area (Å²) < 4.78 is 10.7. The van der Waals surface area contributed by atoms with Gasteiger partial charge in [0.25, 0.3) is 5.91 Å². The molecule has 1 fully saturated rings. The summed E-state index contributed by atoms with van der Waals surface area (Å²) in [7, 11) is 0. The van der Waals surface area contributed by atoms with Gasteiger partial charge in [-0.25, -0.2) is 0 Å². The number of ether oxygens (including phenoxy) is 2. The molecule has 0 saturated carbocycles. The Hall–Kier alpha value is -3.22. The predicted octanol–water partition coefficient (Wildman–Crippen LogP) is 1.75. The lowest BCUT2D eigenvalue weighted by molar-refractivity contribution is -0.120. The van der Waals surface area contributed by atoms with Crippen LogP contribution in [0.3, 0.4) is 0 Å². The van der Waals surface area contributed by atoms with Crippen LogP contribution in [0.25, 0.3) is 11.1 Å². The Morgan fingerprint density at radius 1 is 1.04 bits per heavy atom. The smallest absolute Gasteiger partial charge is 0.254 e. The van der Waals surface area contributed by atoms with Crippen LogP contribution in [-0.2, 0) is 4.79 Å². The molecular weight excluding hydrogens is 336 g/mol. The lowest BCUT2D eigenvalue weighted by atomic mass is 10.0. The molecule has 134 valence electrons. The third kappa shape index (κ3) is 3.15. The molecule has 1 saturated heterocycles. The van der Waals surface area contributed by atoms with Gasteiger partial charge in [-0.3, -0.25) is 9.59 Å². The topological polar surface area (TPSA) is 88.1 Å². The van der Waals surface area contributed by atoms with Gasteiger partial charge in [0.05, 0.1) is 0 Å². The van der Waals surface area contributed by atoms with Crippen LogP contribution in [0.5, 0.6) is 17.2 Å². The van der Waals surface area contributed by atoms with Crippen LogP contribution >= 0.6 is 0 Å². The van der Waals surface area contributed by atoms with E-state index in [0.29, 0.717) is 42.3 Å². The summed E-state index contributed by atoms with van der Waals surface area (Å²) in [6.07, 6.45) is 0.277. The number of aromatic hydroxyl groups is 1. The van der Waals surface area contributed by atoms with Gasteiger partial charge in [-0.1, -0.05) is 6.07 Å². The second kappa shape index (κ2) is 6.59. The van der Waals surface area contributed by atoms with Gasteiger partial charge in [-0.2, -0.15) is 0 Å². The highest BCUT2D eigenvalue weighted by Crippen LogP contribution is 2.37. The third-order valence-electron chi connectivity index (χ3n) is 4.47. The summed E-state index contributed by atoms with van der Waals surface area (Å²) >= 11 is 0. The number of nitrogens with zero attached hydrogens (tertiary/aromatic N) is 1. The summed E-state index contributed by atoms with van der Waals surface area (Å²) in [5.74, 6) is 1.05. The second-order valence-electron chi connectivity index (χ2n) is 6.23. The number of hydrogen-bond acceptors (Lipinski definition) is 5. The lowest BCUT2D eigenvalue weighted by Crippen LogP contribution is -2.34. The normalized spacial score (nSPS) is 16.2. The van der Waals surface area contributed by atoms with Crippen molar-refractivity contribution in [3.8, 4) is 28.4 Å². The molecule has 2 aromatic carbocycles. The SMILES string of the molecule is O=C1CCN(C(=O)c2cc(O)cc(-c3ccc4c(c3)OCO4)c2)CCN1. The van der Waals surface area contributed by atoms with Crippen molar-refractivity contribution in [2.75, 3.05) is 26.4 Å². The van der Waals surface area contributed by atoms with Gasteiger partial charge in [0.1, 0.15) is 5.75 Å². The fraction of sp³-hybridized carbons (Fsp3) is 0.263. The van der Waals surface area contributed by atoms with E-state index in [1.807, 2.05) is 12.1 Å². The molecule has 7 heteroatoms. The third-order valence-corrected chi connectivity index (χ3v) is 4.47. The van der Waals surface area contributed by atoms with E-state index in [2.05, 4.69) is 5.32 Å². The number of carbonyl (C=O) groups is 2. The number of amides is 2. The molecule has 0 aliphatic carbocycles. The van der Waals surface area contributed by atoms with E-state index in [1.165, 1.54) is 6.07 Å². The zero-order valence-electron chi connectivity index (χ0n) is 14.0. The quantitative estimate of drug-likeness (QED) is 0.858. The minimum atomic E-state index is -0.209. The van der Waals surface area contributed by atoms with E-state index in [1.54, 1.807) is 23.1 Å². The molecule has 2 amide bonds. The van der Waals surface area contributed by atoms with E-state index in [0.717, 1.165) is 5.56 Å². The van der Waals surface area contributed by atoms with Crippen molar-refractivity contribution in [2.45, 2.75) is 6.42 Å². The number of benzene rings is 2. The average Bonchev–Trinajstić information content (AvgIpc) is 3.00. The standard InChI is InChI=1S/C19H18N2O5/c22-15-8-13(12-1-2-16-17(10-12)26-11-25-16)7-14(9-15)19(24)21-5-3-18(23)20-4-6-21/h1-2,7-10,22H,3-6,11H2,(H,20,23). The first-order valence-corrected chi connectivity index (χ1v) is 8.40. The van der Waals surface area contributed by atoms with Gasteiger partial charge in [0, 0.05) is 31.6 Å². The maximum atomic E-state index is 12.8. The van der Waals surface area contributed by atoms with Crippen LogP contribution < -0.4 is 14.8 Å². The number of nitrogens with one attached hydrogen (secondary N) is 1. The van der Waals surface area contributed by atoms with Gasteiger partial charge in [0.2, 0.25) is 12.7 Å². The van der Waals surface area contributed by atoms with Gasteiger partial charge in [0.15, 0.2) is 11.5 Å². The van der Waals surface area contributed by atoms with E-state index in [-0.39, 0.29) is 30.8 Å². The Bertz CT molecular complexity index is 880. The molecule has 2 heterocycles. The Morgan fingerprint density at radius 2 is 1.88 bits per heavy atom. The second-order valence-corrected chi connectivity index (χ2v) is 6.23. The molecule has 0 atom stereocenters. The Balaban J connectivity index is 1.64. The molecule has 0 spiro atoms. The van der Waals surface area contributed by atoms with E-state index in [4.69, 9.17) is 9.47 Å². The van der Waals surface area contributed by atoms with E-state index >= 15 is 0 Å². The Kier molecular flexibility index (Phi) is 4.12. The highest BCUT2D eigenvalue weighted by atomic mass is 16.7. The predicted molar refractivity (Wildman–Crippen MR) is 93.2 cm³/mol. The van der Waals surface area contributed by atoms with Gasteiger partial charge >= 0.3 is 0 Å². The minimum absolute atomic E-state index is 0.00698. The number of phenols is 1. The van der Waals surface area contributed by atoms with E-state index in [9.17, 15) is 14.7 Å². The first kappa shape index (κ1) is 16.3. The fourth-order valence-electron chi connectivity index (χ4n) is 3.13. The molecular formula is C19H18N2O5. The first-order chi connectivity index (χ1) is 12.6. The van der Waals surface area contributed by atoms with Gasteiger partial charge in [-0.15, -0.1) is 0 Å². The molecule has 0 unspecified atom stereocenters. The fourth-order valence-corrected chi connectivity index (χ4v) is 3.13. The molecule has 2 aromatic rings. The summed E-state index contributed by atoms with van der Waals surface area (Å²) in [6, 6.07) is 10.3. The van der Waals surface area contributed by atoms with Crippen LogP contribution in [0.1, 0.15) is 16.8 Å². The molecule has 0 bridgehead atoms. The van der Waals surface area contributed by atoms with Crippen LogP contribution in [0.4, 0.5) is 0 Å². The molecule has 7 nitrogen and oxygen atoms in total. The van der Waals surface area contributed by atoms with Crippen molar-refractivity contribution < 1.29 is 24.2 Å². The summed E-state index contributed by atoms with van der Waals surface area (Å²) in [5, 5.41) is 12.8. The maximum absolute atomic E-state index is 12.8. The van der Waals surface area contributed by atoms with Crippen molar-refractivity contribution in [1.82, 2.24) is 10.2 Å². The lowest BCUT2D eigenvalue weighted by Gasteiger charge is -2.20. The van der Waals surface area contributed by atoms with Crippen LogP contribution in [0.15, 0.2) is 36.4 Å². The van der Waals surface area contributed by atoms with Crippen LogP contribution in [-0.4, -0.2) is 48.2 Å². The summed E-state index contributed by atoms with van der Waals surface area (Å²) in [5.41, 5.74) is 1.90. The Labute approximate surface area is 150 Å². The van der Waals surface area contributed by atoms with Crippen molar-refractivity contribution in [1.29, 1.82) is 0 Å². The van der Waals surface area contributed by atoms with Gasteiger partial charge < -0.3 is 24.8 Å². The maximum Gasteiger partial charge on any atom is 0.254 e. The van der Waals surface area contributed by atoms with Crippen molar-refractivity contribution in [3.63, 3.8) is 0 Å². The molecule has 26 heavy (non-hydrogen) atoms. The molecule has 2 aliphatic rings. The van der Waals surface area contributed by atoms with Gasteiger partial charge in [-0.05, 0) is 41.5 Å². The number of carbonyl (C=O) groups excluding carboxylic acids is 2. The number of hydrogen-bond donors (Lipinski definition) is 2. The molecule has 0 radical (unpaired) electrons. The zero-order valence-corrected chi connectivity index (χ0v) is 14.0. The minimum Gasteiger partial charge on any atom is -0.508 e.